The Balaban J connectivity index is 0.000000387. The molecule has 10 nitrogen and oxygen atoms in total. The summed E-state index contributed by atoms with van der Waals surface area (Å²) in [5.74, 6) is -0.749. The summed E-state index contributed by atoms with van der Waals surface area (Å²) in [4.78, 5) is -1.07. The quantitative estimate of drug-likeness (QED) is 0.0392. The first-order valence-electron chi connectivity index (χ1n) is 19.9. The van der Waals surface area contributed by atoms with Gasteiger partial charge in [-0.25, -0.2) is 8.42 Å². The number of ether oxygens (including phenoxy) is 2. The monoisotopic (exact) mass is 850 g/mol. The number of aromatic hydroxyl groups is 1. The van der Waals surface area contributed by atoms with Crippen LogP contribution in [-0.4, -0.2) is 68.8 Å². The average molecular weight is 851 g/mol. The molecular formula is C44H58CaO10S2. The molecule has 13 heteroatoms. The van der Waals surface area contributed by atoms with Gasteiger partial charge in [-0.2, -0.15) is 8.42 Å². The average Bonchev–Trinajstić information content (AvgIpc) is 3.16. The summed E-state index contributed by atoms with van der Waals surface area (Å²) in [6.45, 7) is 4.42. The van der Waals surface area contributed by atoms with Crippen molar-refractivity contribution in [2.45, 2.75) is 139 Å². The second-order valence-electron chi connectivity index (χ2n) is 14.0. The minimum atomic E-state index is -4.80. The zero-order valence-corrected chi connectivity index (χ0v) is 37.3. The fourth-order valence-corrected chi connectivity index (χ4v) is 7.59. The van der Waals surface area contributed by atoms with Gasteiger partial charge in [0.05, 0.1) is 4.90 Å². The number of benzene rings is 4. The maximum atomic E-state index is 12.1. The first-order valence-corrected chi connectivity index (χ1v) is 22.8. The number of para-hydroxylation sites is 4. The van der Waals surface area contributed by atoms with E-state index in [1.165, 1.54) is 107 Å². The van der Waals surface area contributed by atoms with Crippen LogP contribution in [0.2, 0.25) is 0 Å². The largest absolute Gasteiger partial charge is 2.00 e. The van der Waals surface area contributed by atoms with Crippen molar-refractivity contribution in [1.29, 1.82) is 0 Å². The third kappa shape index (κ3) is 18.3. The number of unbranched alkanes of at least 4 members (excludes halogenated alkanes) is 14. The number of hydrogen-bond donors (Lipinski definition) is 2. The van der Waals surface area contributed by atoms with Gasteiger partial charge >= 0.3 is 37.7 Å². The molecule has 4 rings (SSSR count). The molecule has 0 bridgehead atoms. The predicted molar refractivity (Wildman–Crippen MR) is 223 cm³/mol. The molecule has 0 amide bonds. The van der Waals surface area contributed by atoms with E-state index in [0.717, 1.165) is 55.7 Å². The van der Waals surface area contributed by atoms with E-state index in [9.17, 15) is 36.2 Å². The topological polar surface area (TPSA) is 173 Å². The van der Waals surface area contributed by atoms with Crippen molar-refractivity contribution in [3.63, 3.8) is 0 Å². The van der Waals surface area contributed by atoms with Gasteiger partial charge in [0.2, 0.25) is 0 Å². The fraction of sp³-hybridized carbons (Fsp3) is 0.455. The first-order chi connectivity index (χ1) is 26.9. The van der Waals surface area contributed by atoms with Gasteiger partial charge in [-0.3, -0.25) is 4.55 Å². The van der Waals surface area contributed by atoms with Crippen molar-refractivity contribution in [2.24, 2.45) is 0 Å². The van der Waals surface area contributed by atoms with Crippen LogP contribution in [0.15, 0.2) is 94.7 Å². The van der Waals surface area contributed by atoms with Crippen LogP contribution < -0.4 is 14.6 Å². The molecule has 0 radical (unpaired) electrons. The van der Waals surface area contributed by atoms with E-state index in [2.05, 4.69) is 13.8 Å². The van der Waals surface area contributed by atoms with E-state index >= 15 is 0 Å². The predicted octanol–water partition coefficient (Wildman–Crippen LogP) is 10.9. The van der Waals surface area contributed by atoms with Crippen molar-refractivity contribution in [1.82, 2.24) is 0 Å². The summed E-state index contributed by atoms with van der Waals surface area (Å²) in [5.41, 5.74) is 1.84. The van der Waals surface area contributed by atoms with Crippen molar-refractivity contribution in [3.05, 3.63) is 96.1 Å². The van der Waals surface area contributed by atoms with Crippen LogP contribution in [0.25, 0.3) is 0 Å². The van der Waals surface area contributed by atoms with Gasteiger partial charge in [-0.15, -0.1) is 0 Å². The Kier molecular flexibility index (Phi) is 23.8. The summed E-state index contributed by atoms with van der Waals surface area (Å²) in [5, 5.41) is 22.1. The zero-order valence-electron chi connectivity index (χ0n) is 33.5. The first kappa shape index (κ1) is 50.3. The molecule has 0 fully saturated rings. The summed E-state index contributed by atoms with van der Waals surface area (Å²) in [7, 11) is -9.31. The van der Waals surface area contributed by atoms with E-state index in [4.69, 9.17) is 9.47 Å². The second-order valence-corrected chi connectivity index (χ2v) is 16.7. The molecule has 0 saturated heterocycles. The van der Waals surface area contributed by atoms with Crippen LogP contribution in [0, 0.1) is 0 Å². The molecule has 0 unspecified atom stereocenters. The minimum Gasteiger partial charge on any atom is -0.870 e. The number of phenols is 1. The van der Waals surface area contributed by atoms with Crippen LogP contribution in [0.4, 0.5) is 0 Å². The Hall–Kier alpha value is -2.84. The third-order valence-corrected chi connectivity index (χ3v) is 11.2. The number of phenolic OH excluding ortho intramolecular Hbond substituents is 1. The summed E-state index contributed by atoms with van der Waals surface area (Å²) >= 11 is 0. The van der Waals surface area contributed by atoms with E-state index in [-0.39, 0.29) is 49.2 Å². The molecule has 2 N–H and O–H groups in total. The Morgan fingerprint density at radius 3 is 1.39 bits per heavy atom. The van der Waals surface area contributed by atoms with Gasteiger partial charge in [0.25, 0.3) is 10.1 Å². The summed E-state index contributed by atoms with van der Waals surface area (Å²) in [6.07, 6.45) is 21.0. The molecule has 0 aromatic heterocycles. The van der Waals surface area contributed by atoms with Crippen LogP contribution in [0.1, 0.15) is 128 Å². The van der Waals surface area contributed by atoms with Gasteiger partial charge in [-0.05, 0) is 67.1 Å². The van der Waals surface area contributed by atoms with Crippen molar-refractivity contribution < 1.29 is 45.6 Å². The Labute approximate surface area is 370 Å². The number of hydrogen-bond acceptors (Lipinski definition) is 9. The van der Waals surface area contributed by atoms with E-state index in [0.29, 0.717) is 11.5 Å². The molecule has 0 aliphatic heterocycles. The van der Waals surface area contributed by atoms with Crippen molar-refractivity contribution in [3.8, 4) is 34.5 Å². The van der Waals surface area contributed by atoms with Gasteiger partial charge in [0.15, 0.2) is 11.5 Å². The number of rotatable bonds is 24. The smallest absolute Gasteiger partial charge is 0.870 e. The zero-order chi connectivity index (χ0) is 40.8. The minimum absolute atomic E-state index is 0. The summed E-state index contributed by atoms with van der Waals surface area (Å²) in [6, 6.07) is 22.0. The second kappa shape index (κ2) is 27.0. The van der Waals surface area contributed by atoms with Crippen LogP contribution in [-0.2, 0) is 33.1 Å². The van der Waals surface area contributed by atoms with E-state index in [1.807, 2.05) is 24.3 Å². The molecule has 0 aliphatic rings. The van der Waals surface area contributed by atoms with Gasteiger partial charge in [0.1, 0.15) is 32.3 Å². The van der Waals surface area contributed by atoms with Crippen molar-refractivity contribution in [2.75, 3.05) is 0 Å². The maximum Gasteiger partial charge on any atom is 2.00 e. The van der Waals surface area contributed by atoms with Gasteiger partial charge in [-0.1, -0.05) is 164 Å². The van der Waals surface area contributed by atoms with Gasteiger partial charge < -0.3 is 24.2 Å². The third-order valence-electron chi connectivity index (χ3n) is 9.42. The normalized spacial score (nSPS) is 11.3. The molecule has 0 aliphatic carbocycles. The molecule has 57 heavy (non-hydrogen) atoms. The van der Waals surface area contributed by atoms with Crippen molar-refractivity contribution >= 4 is 58.0 Å². The summed E-state index contributed by atoms with van der Waals surface area (Å²) < 4.78 is 78.3. The Morgan fingerprint density at radius 1 is 0.526 bits per heavy atom. The number of aryl methyl sites for hydroxylation is 2. The van der Waals surface area contributed by atoms with Gasteiger partial charge in [0, 0.05) is 0 Å². The molecule has 4 aromatic carbocycles. The Morgan fingerprint density at radius 2 is 0.930 bits per heavy atom. The SMILES string of the molecule is CCCCCCCCCCc1ccccc1Oc1c(O)cccc1S(=O)(=O)O.CCCCCCCCCCc1ccccc1Oc1c([O-])cccc1S(=O)(=O)[O-].[Ca+2]. The van der Waals surface area contributed by atoms with E-state index < -0.39 is 41.5 Å². The molecule has 0 saturated carbocycles. The molecule has 0 heterocycles. The molecular weight excluding hydrogens is 793 g/mol. The van der Waals surface area contributed by atoms with Crippen LogP contribution in [0.3, 0.4) is 0 Å². The van der Waals surface area contributed by atoms with Crippen LogP contribution in [0.5, 0.6) is 34.5 Å². The molecule has 308 valence electrons. The van der Waals surface area contributed by atoms with E-state index in [1.54, 1.807) is 24.3 Å². The van der Waals surface area contributed by atoms with Crippen LogP contribution >= 0.6 is 0 Å². The molecule has 0 spiro atoms. The fourth-order valence-electron chi connectivity index (χ4n) is 6.34. The maximum absolute atomic E-state index is 12.1. The Bertz CT molecular complexity index is 1840. The molecule has 0 atom stereocenters. The standard InChI is InChI=1S/2C22H30O5S.Ca/c2*1-2-3-4-5-6-7-8-9-13-18-14-10-11-16-20(18)27-22-19(23)15-12-17-21(22)28(24,25)26;/h2*10-12,14-17,23H,2-9,13H2,1H3,(H,24,25,26);/q;;+2/p-2. The molecule has 4 aromatic rings.